The molecule has 0 saturated carbocycles. The number of thioether (sulfide) groups is 1. The van der Waals surface area contributed by atoms with Crippen LogP contribution in [0.5, 0.6) is 0 Å². The molecular formula is C15H20N2O3S. The fraction of sp³-hybridized carbons (Fsp3) is 0.400. The molecule has 1 aromatic rings. The van der Waals surface area contributed by atoms with Crippen molar-refractivity contribution in [2.24, 2.45) is 11.7 Å². The lowest BCUT2D eigenvalue weighted by Crippen LogP contribution is -2.28. The first-order valence-corrected chi connectivity index (χ1v) is 7.58. The molecule has 0 fully saturated rings. The molecule has 0 heterocycles. The summed E-state index contributed by atoms with van der Waals surface area (Å²) in [7, 11) is 0. The maximum atomic E-state index is 12.1. The molecule has 114 valence electrons. The van der Waals surface area contributed by atoms with Gasteiger partial charge in [0.1, 0.15) is 0 Å². The number of carbonyl (C=O) groups excluding carboxylic acids is 3. The summed E-state index contributed by atoms with van der Waals surface area (Å²) >= 11 is 1.08. The molecule has 0 radical (unpaired) electrons. The van der Waals surface area contributed by atoms with E-state index in [9.17, 15) is 14.4 Å². The van der Waals surface area contributed by atoms with E-state index in [1.54, 1.807) is 24.3 Å². The van der Waals surface area contributed by atoms with E-state index in [0.717, 1.165) is 11.8 Å². The van der Waals surface area contributed by atoms with Gasteiger partial charge in [-0.3, -0.25) is 14.4 Å². The first kappa shape index (κ1) is 17.2. The van der Waals surface area contributed by atoms with Crippen molar-refractivity contribution in [2.75, 3.05) is 6.54 Å². The third-order valence-corrected chi connectivity index (χ3v) is 3.56. The van der Waals surface area contributed by atoms with Crippen molar-refractivity contribution >= 4 is 28.7 Å². The third kappa shape index (κ3) is 6.44. The zero-order valence-electron chi connectivity index (χ0n) is 12.2. The summed E-state index contributed by atoms with van der Waals surface area (Å²) in [6.07, 6.45) is 0.551. The van der Waals surface area contributed by atoms with Crippen molar-refractivity contribution in [3.8, 4) is 0 Å². The maximum absolute atomic E-state index is 12.1. The van der Waals surface area contributed by atoms with E-state index in [-0.39, 0.29) is 29.9 Å². The molecule has 0 aliphatic carbocycles. The fourth-order valence-electron chi connectivity index (χ4n) is 1.64. The molecule has 1 rings (SSSR count). The van der Waals surface area contributed by atoms with E-state index < -0.39 is 5.91 Å². The Balaban J connectivity index is 2.72. The number of nitrogens with one attached hydrogen (secondary N) is 1. The van der Waals surface area contributed by atoms with Crippen molar-refractivity contribution in [1.29, 1.82) is 0 Å². The molecule has 0 aliphatic rings. The number of hydrogen-bond donors (Lipinski definition) is 2. The van der Waals surface area contributed by atoms with Gasteiger partial charge in [-0.05, 0) is 18.1 Å². The summed E-state index contributed by atoms with van der Waals surface area (Å²) in [5.74, 6) is -0.497. The Kier molecular flexibility index (Phi) is 6.94. The lowest BCUT2D eigenvalue weighted by Gasteiger charge is -2.09. The second kappa shape index (κ2) is 8.46. The topological polar surface area (TPSA) is 89.3 Å². The predicted molar refractivity (Wildman–Crippen MR) is 82.9 cm³/mol. The smallest absolute Gasteiger partial charge is 0.252 e. The number of rotatable bonds is 7. The molecule has 0 bridgehead atoms. The van der Waals surface area contributed by atoms with Crippen LogP contribution in [0, 0.1) is 5.92 Å². The molecule has 0 atom stereocenters. The van der Waals surface area contributed by atoms with Crippen LogP contribution < -0.4 is 11.1 Å². The molecule has 3 N–H and O–H groups in total. The van der Waals surface area contributed by atoms with Gasteiger partial charge in [0.15, 0.2) is 5.12 Å². The molecule has 6 heteroatoms. The minimum Gasteiger partial charge on any atom is -0.370 e. The van der Waals surface area contributed by atoms with Gasteiger partial charge >= 0.3 is 0 Å². The third-order valence-electron chi connectivity index (χ3n) is 2.59. The van der Waals surface area contributed by atoms with Crippen LogP contribution in [0.2, 0.25) is 0 Å². The Morgan fingerprint density at radius 3 is 2.52 bits per heavy atom. The molecule has 5 nitrogen and oxygen atoms in total. The van der Waals surface area contributed by atoms with Gasteiger partial charge in [-0.15, -0.1) is 0 Å². The summed E-state index contributed by atoms with van der Waals surface area (Å²) in [6, 6.07) is 6.92. The van der Waals surface area contributed by atoms with Crippen LogP contribution in [0.4, 0.5) is 0 Å². The quantitative estimate of drug-likeness (QED) is 0.753. The number of amides is 2. The molecular weight excluding hydrogens is 288 g/mol. The Labute approximate surface area is 128 Å². The van der Waals surface area contributed by atoms with Crippen molar-refractivity contribution in [1.82, 2.24) is 5.32 Å². The molecule has 0 aromatic heterocycles. The van der Waals surface area contributed by atoms with Crippen LogP contribution in [0.1, 0.15) is 37.0 Å². The van der Waals surface area contributed by atoms with Crippen LogP contribution in [0.25, 0.3) is 0 Å². The Bertz CT molecular complexity index is 529. The van der Waals surface area contributed by atoms with Crippen molar-refractivity contribution < 1.29 is 14.4 Å². The highest BCUT2D eigenvalue weighted by atomic mass is 32.2. The standard InChI is InChI=1S/C15H20N2O3S/c1-10(2)9-14(19)21-12-6-4-3-5-11(12)15(20)17-8-7-13(16)18/h3-6,10H,7-9H2,1-2H3,(H2,16,18)(H,17,20). The maximum Gasteiger partial charge on any atom is 0.252 e. The molecule has 0 saturated heterocycles. The van der Waals surface area contributed by atoms with Gasteiger partial charge in [-0.2, -0.15) is 0 Å². The van der Waals surface area contributed by atoms with Crippen molar-refractivity contribution in [3.05, 3.63) is 29.8 Å². The van der Waals surface area contributed by atoms with Gasteiger partial charge in [-0.25, -0.2) is 0 Å². The molecule has 2 amide bonds. The highest BCUT2D eigenvalue weighted by Gasteiger charge is 2.15. The number of carbonyl (C=O) groups is 3. The first-order chi connectivity index (χ1) is 9.90. The summed E-state index contributed by atoms with van der Waals surface area (Å²) < 4.78 is 0. The largest absolute Gasteiger partial charge is 0.370 e. The molecule has 1 aromatic carbocycles. The summed E-state index contributed by atoms with van der Waals surface area (Å²) in [4.78, 5) is 35.2. The number of primary amides is 1. The lowest BCUT2D eigenvalue weighted by atomic mass is 10.2. The second-order valence-corrected chi connectivity index (χ2v) is 6.14. The van der Waals surface area contributed by atoms with Gasteiger partial charge in [-0.1, -0.05) is 37.7 Å². The van der Waals surface area contributed by atoms with E-state index in [0.29, 0.717) is 16.9 Å². The fourth-order valence-corrected chi connectivity index (χ4v) is 2.71. The molecule has 0 unspecified atom stereocenters. The minimum absolute atomic E-state index is 0.0300. The Hall–Kier alpha value is -1.82. The van der Waals surface area contributed by atoms with E-state index in [2.05, 4.69) is 5.32 Å². The minimum atomic E-state index is -0.468. The van der Waals surface area contributed by atoms with E-state index in [4.69, 9.17) is 5.73 Å². The normalized spacial score (nSPS) is 10.4. The number of benzene rings is 1. The van der Waals surface area contributed by atoms with Crippen LogP contribution in [0.15, 0.2) is 29.2 Å². The average Bonchev–Trinajstić information content (AvgIpc) is 2.37. The number of nitrogens with two attached hydrogens (primary N) is 1. The lowest BCUT2D eigenvalue weighted by molar-refractivity contribution is -0.118. The van der Waals surface area contributed by atoms with E-state index in [1.165, 1.54) is 0 Å². The van der Waals surface area contributed by atoms with Gasteiger partial charge in [0, 0.05) is 24.3 Å². The summed E-state index contributed by atoms with van der Waals surface area (Å²) in [5, 5.41) is 2.65. The summed E-state index contributed by atoms with van der Waals surface area (Å²) in [6.45, 7) is 4.13. The Morgan fingerprint density at radius 1 is 1.24 bits per heavy atom. The first-order valence-electron chi connectivity index (χ1n) is 6.76. The van der Waals surface area contributed by atoms with Gasteiger partial charge in [0.05, 0.1) is 5.56 Å². The van der Waals surface area contributed by atoms with Crippen molar-refractivity contribution in [2.45, 2.75) is 31.6 Å². The second-order valence-electron chi connectivity index (χ2n) is 5.04. The monoisotopic (exact) mass is 308 g/mol. The molecule has 0 aliphatic heterocycles. The van der Waals surface area contributed by atoms with Crippen molar-refractivity contribution in [3.63, 3.8) is 0 Å². The van der Waals surface area contributed by atoms with Gasteiger partial charge in [0.25, 0.3) is 5.91 Å². The highest BCUT2D eigenvalue weighted by Crippen LogP contribution is 2.25. The Morgan fingerprint density at radius 2 is 1.90 bits per heavy atom. The van der Waals surface area contributed by atoms with Crippen LogP contribution in [-0.2, 0) is 9.59 Å². The molecule has 0 spiro atoms. The SMILES string of the molecule is CC(C)CC(=O)Sc1ccccc1C(=O)NCCC(N)=O. The highest BCUT2D eigenvalue weighted by molar-refractivity contribution is 8.13. The van der Waals surface area contributed by atoms with Crippen LogP contribution in [0.3, 0.4) is 0 Å². The summed E-state index contributed by atoms with van der Waals surface area (Å²) in [5.41, 5.74) is 5.45. The van der Waals surface area contributed by atoms with Crippen LogP contribution >= 0.6 is 11.8 Å². The van der Waals surface area contributed by atoms with Crippen LogP contribution in [-0.4, -0.2) is 23.5 Å². The van der Waals surface area contributed by atoms with E-state index in [1.807, 2.05) is 13.8 Å². The zero-order chi connectivity index (χ0) is 15.8. The average molecular weight is 308 g/mol. The van der Waals surface area contributed by atoms with Gasteiger partial charge < -0.3 is 11.1 Å². The number of hydrogen-bond acceptors (Lipinski definition) is 4. The molecule has 21 heavy (non-hydrogen) atoms. The predicted octanol–water partition coefficient (Wildman–Crippen LogP) is 1.96. The van der Waals surface area contributed by atoms with Gasteiger partial charge in [0.2, 0.25) is 5.91 Å². The zero-order valence-corrected chi connectivity index (χ0v) is 13.0. The van der Waals surface area contributed by atoms with E-state index >= 15 is 0 Å².